The molecule has 1 aromatic heterocycles. The molecule has 0 unspecified atom stereocenters. The fraction of sp³-hybridized carbons (Fsp3) is 0.190. The number of benzene rings is 2. The SMILES string of the molecule is COCC(=O)Nc1cccc(-c2nc(CNC(=O)c3ccccc3)c(C)o2)c1. The summed E-state index contributed by atoms with van der Waals surface area (Å²) in [6, 6.07) is 16.2. The Kier molecular flexibility index (Phi) is 6.18. The Morgan fingerprint density at radius 3 is 2.64 bits per heavy atom. The highest BCUT2D eigenvalue weighted by atomic mass is 16.5. The predicted molar refractivity (Wildman–Crippen MR) is 105 cm³/mol. The number of oxazole rings is 1. The molecule has 0 aliphatic carbocycles. The Bertz CT molecular complexity index is 967. The summed E-state index contributed by atoms with van der Waals surface area (Å²) in [4.78, 5) is 28.3. The maximum absolute atomic E-state index is 12.2. The van der Waals surface area contributed by atoms with Crippen LogP contribution in [0.1, 0.15) is 21.8 Å². The van der Waals surface area contributed by atoms with Gasteiger partial charge in [-0.2, -0.15) is 0 Å². The van der Waals surface area contributed by atoms with E-state index in [1.54, 1.807) is 37.3 Å². The fourth-order valence-corrected chi connectivity index (χ4v) is 2.63. The van der Waals surface area contributed by atoms with E-state index in [0.717, 1.165) is 5.56 Å². The number of carbonyl (C=O) groups excluding carboxylic acids is 2. The molecule has 2 aromatic carbocycles. The summed E-state index contributed by atoms with van der Waals surface area (Å²) in [5.41, 5.74) is 2.57. The average molecular weight is 379 g/mol. The number of aromatic nitrogens is 1. The van der Waals surface area contributed by atoms with Gasteiger partial charge in [0.15, 0.2) is 0 Å². The molecule has 0 saturated carbocycles. The standard InChI is InChI=1S/C21H21N3O4/c1-14-18(12-22-20(26)15-7-4-3-5-8-15)24-21(28-14)16-9-6-10-17(11-16)23-19(25)13-27-2/h3-11H,12-13H2,1-2H3,(H,22,26)(H,23,25). The van der Waals surface area contributed by atoms with Crippen molar-refractivity contribution in [3.8, 4) is 11.5 Å². The molecule has 0 spiro atoms. The number of rotatable bonds is 7. The molecule has 2 amide bonds. The van der Waals surface area contributed by atoms with E-state index >= 15 is 0 Å². The summed E-state index contributed by atoms with van der Waals surface area (Å²) < 4.78 is 10.6. The number of aryl methyl sites for hydroxylation is 1. The quantitative estimate of drug-likeness (QED) is 0.658. The number of hydrogen-bond acceptors (Lipinski definition) is 5. The molecule has 0 radical (unpaired) electrons. The zero-order chi connectivity index (χ0) is 19.9. The number of nitrogens with zero attached hydrogens (tertiary/aromatic N) is 1. The van der Waals surface area contributed by atoms with Crippen LogP contribution >= 0.6 is 0 Å². The lowest BCUT2D eigenvalue weighted by molar-refractivity contribution is -0.119. The van der Waals surface area contributed by atoms with Crippen molar-refractivity contribution >= 4 is 17.5 Å². The van der Waals surface area contributed by atoms with Crippen molar-refractivity contribution in [2.24, 2.45) is 0 Å². The van der Waals surface area contributed by atoms with Crippen molar-refractivity contribution in [1.82, 2.24) is 10.3 Å². The molecule has 0 aliphatic heterocycles. The summed E-state index contributed by atoms with van der Waals surface area (Å²) in [6.07, 6.45) is 0. The lowest BCUT2D eigenvalue weighted by Crippen LogP contribution is -2.23. The van der Waals surface area contributed by atoms with Crippen LogP contribution in [0.5, 0.6) is 0 Å². The molecule has 7 heteroatoms. The maximum atomic E-state index is 12.2. The Labute approximate surface area is 162 Å². The number of nitrogens with one attached hydrogen (secondary N) is 2. The van der Waals surface area contributed by atoms with Gasteiger partial charge in [0.05, 0.1) is 6.54 Å². The molecular weight excluding hydrogens is 358 g/mol. The van der Waals surface area contributed by atoms with Gasteiger partial charge in [-0.15, -0.1) is 0 Å². The first-order chi connectivity index (χ1) is 13.6. The van der Waals surface area contributed by atoms with Gasteiger partial charge >= 0.3 is 0 Å². The van der Waals surface area contributed by atoms with Gasteiger partial charge in [-0.3, -0.25) is 9.59 Å². The van der Waals surface area contributed by atoms with E-state index in [1.165, 1.54) is 7.11 Å². The third kappa shape index (κ3) is 4.83. The number of ether oxygens (including phenoxy) is 1. The Morgan fingerprint density at radius 2 is 1.89 bits per heavy atom. The van der Waals surface area contributed by atoms with E-state index in [4.69, 9.17) is 9.15 Å². The normalized spacial score (nSPS) is 10.5. The summed E-state index contributed by atoms with van der Waals surface area (Å²) in [6.45, 7) is 2.03. The maximum Gasteiger partial charge on any atom is 0.251 e. The minimum absolute atomic E-state index is 0.0202. The largest absolute Gasteiger partial charge is 0.441 e. The van der Waals surface area contributed by atoms with Crippen molar-refractivity contribution < 1.29 is 18.7 Å². The Morgan fingerprint density at radius 1 is 1.11 bits per heavy atom. The fourth-order valence-electron chi connectivity index (χ4n) is 2.63. The van der Waals surface area contributed by atoms with Gasteiger partial charge in [0.1, 0.15) is 18.1 Å². The minimum atomic E-state index is -0.243. The van der Waals surface area contributed by atoms with Crippen LogP contribution in [-0.2, 0) is 16.1 Å². The molecule has 3 aromatic rings. The lowest BCUT2D eigenvalue weighted by Gasteiger charge is -2.05. The average Bonchev–Trinajstić information content (AvgIpc) is 3.08. The summed E-state index contributed by atoms with van der Waals surface area (Å²) >= 11 is 0. The van der Waals surface area contributed by atoms with E-state index in [1.807, 2.05) is 24.3 Å². The molecule has 144 valence electrons. The van der Waals surface area contributed by atoms with Gasteiger partial charge in [-0.05, 0) is 37.3 Å². The first kappa shape index (κ1) is 19.3. The van der Waals surface area contributed by atoms with Crippen LogP contribution in [0.15, 0.2) is 59.0 Å². The molecule has 7 nitrogen and oxygen atoms in total. The lowest BCUT2D eigenvalue weighted by atomic mass is 10.2. The molecule has 0 aliphatic rings. The van der Waals surface area contributed by atoms with Crippen LogP contribution in [0.25, 0.3) is 11.5 Å². The first-order valence-electron chi connectivity index (χ1n) is 8.75. The van der Waals surface area contributed by atoms with Crippen molar-refractivity contribution in [3.05, 3.63) is 71.6 Å². The van der Waals surface area contributed by atoms with Gasteiger partial charge < -0.3 is 19.8 Å². The van der Waals surface area contributed by atoms with Crippen molar-refractivity contribution in [2.75, 3.05) is 19.0 Å². The number of amides is 2. The molecule has 0 fully saturated rings. The molecule has 1 heterocycles. The van der Waals surface area contributed by atoms with Crippen LogP contribution < -0.4 is 10.6 Å². The molecule has 28 heavy (non-hydrogen) atoms. The highest BCUT2D eigenvalue weighted by Gasteiger charge is 2.14. The summed E-state index contributed by atoms with van der Waals surface area (Å²) in [5, 5.41) is 5.58. The van der Waals surface area contributed by atoms with Crippen LogP contribution in [-0.4, -0.2) is 30.5 Å². The Hall–Kier alpha value is -3.45. The topological polar surface area (TPSA) is 93.5 Å². The second kappa shape index (κ2) is 8.96. The molecule has 0 bridgehead atoms. The molecular formula is C21H21N3O4. The number of methoxy groups -OCH3 is 1. The first-order valence-corrected chi connectivity index (χ1v) is 8.75. The van der Waals surface area contributed by atoms with Gasteiger partial charge in [0.25, 0.3) is 5.91 Å². The summed E-state index contributed by atoms with van der Waals surface area (Å²) in [7, 11) is 1.46. The highest BCUT2D eigenvalue weighted by molar-refractivity contribution is 5.94. The third-order valence-corrected chi connectivity index (χ3v) is 4.01. The second-order valence-electron chi connectivity index (χ2n) is 6.13. The number of carbonyl (C=O) groups is 2. The van der Waals surface area contributed by atoms with E-state index in [9.17, 15) is 9.59 Å². The zero-order valence-electron chi connectivity index (χ0n) is 15.7. The van der Waals surface area contributed by atoms with Crippen molar-refractivity contribution in [1.29, 1.82) is 0 Å². The third-order valence-electron chi connectivity index (χ3n) is 4.01. The smallest absolute Gasteiger partial charge is 0.251 e. The highest BCUT2D eigenvalue weighted by Crippen LogP contribution is 2.24. The van der Waals surface area contributed by atoms with Crippen molar-refractivity contribution in [2.45, 2.75) is 13.5 Å². The van der Waals surface area contributed by atoms with Crippen molar-refractivity contribution in [3.63, 3.8) is 0 Å². The molecule has 0 saturated heterocycles. The van der Waals surface area contributed by atoms with Gasteiger partial charge in [0.2, 0.25) is 11.8 Å². The van der Waals surface area contributed by atoms with Crippen LogP contribution in [0.2, 0.25) is 0 Å². The number of hydrogen-bond donors (Lipinski definition) is 2. The second-order valence-corrected chi connectivity index (χ2v) is 6.13. The van der Waals surface area contributed by atoms with Gasteiger partial charge in [0, 0.05) is 23.9 Å². The van der Waals surface area contributed by atoms with E-state index < -0.39 is 0 Å². The monoisotopic (exact) mass is 379 g/mol. The molecule has 2 N–H and O–H groups in total. The van der Waals surface area contributed by atoms with E-state index in [-0.39, 0.29) is 25.0 Å². The van der Waals surface area contributed by atoms with Gasteiger partial charge in [-0.1, -0.05) is 24.3 Å². The molecule has 3 rings (SSSR count). The molecule has 0 atom stereocenters. The van der Waals surface area contributed by atoms with E-state index in [0.29, 0.717) is 28.6 Å². The van der Waals surface area contributed by atoms with Gasteiger partial charge in [-0.25, -0.2) is 4.98 Å². The Balaban J connectivity index is 1.70. The van der Waals surface area contributed by atoms with Crippen LogP contribution in [0, 0.1) is 6.92 Å². The minimum Gasteiger partial charge on any atom is -0.441 e. The van der Waals surface area contributed by atoms with E-state index in [2.05, 4.69) is 15.6 Å². The van der Waals surface area contributed by atoms with Crippen LogP contribution in [0.3, 0.4) is 0 Å². The predicted octanol–water partition coefficient (Wildman–Crippen LogP) is 3.16. The summed E-state index contributed by atoms with van der Waals surface area (Å²) in [5.74, 6) is 0.626. The number of anilines is 1. The van der Waals surface area contributed by atoms with Crippen LogP contribution in [0.4, 0.5) is 5.69 Å². The zero-order valence-corrected chi connectivity index (χ0v) is 15.7.